The van der Waals surface area contributed by atoms with Crippen molar-refractivity contribution < 1.29 is 4.74 Å². The summed E-state index contributed by atoms with van der Waals surface area (Å²) in [6.07, 6.45) is 0. The monoisotopic (exact) mass is 280 g/mol. The molecular formula is C10H11Cl3N2O. The maximum Gasteiger partial charge on any atom is 0.139 e. The Kier molecular flexibility index (Phi) is 4.71. The quantitative estimate of drug-likeness (QED) is 0.503. The molecule has 1 aromatic rings. The first kappa shape index (κ1) is 13.4. The second-order valence-electron chi connectivity index (χ2n) is 3.36. The lowest BCUT2D eigenvalue weighted by Gasteiger charge is -2.13. The fourth-order valence-electron chi connectivity index (χ4n) is 0.919. The van der Waals surface area contributed by atoms with E-state index in [0.29, 0.717) is 20.8 Å². The number of amidine groups is 1. The zero-order chi connectivity index (χ0) is 12.3. The molecule has 0 aliphatic carbocycles. The van der Waals surface area contributed by atoms with Crippen LogP contribution in [0.3, 0.4) is 0 Å². The number of hydrogen-bond acceptors (Lipinski definition) is 2. The molecule has 1 rings (SSSR count). The second-order valence-corrected chi connectivity index (χ2v) is 4.59. The van der Waals surface area contributed by atoms with E-state index in [2.05, 4.69) is 0 Å². The number of rotatable bonds is 4. The third kappa shape index (κ3) is 3.44. The molecule has 0 bridgehead atoms. The van der Waals surface area contributed by atoms with Crippen LogP contribution in [0.1, 0.15) is 6.92 Å². The Bertz CT molecular complexity index is 409. The van der Waals surface area contributed by atoms with Crippen LogP contribution in [0.15, 0.2) is 12.1 Å². The molecule has 0 radical (unpaired) electrons. The van der Waals surface area contributed by atoms with Crippen LogP contribution in [-0.2, 0) is 0 Å². The van der Waals surface area contributed by atoms with Crippen molar-refractivity contribution in [3.05, 3.63) is 27.2 Å². The fourth-order valence-corrected chi connectivity index (χ4v) is 1.51. The van der Waals surface area contributed by atoms with Crippen LogP contribution in [-0.4, -0.2) is 12.4 Å². The zero-order valence-corrected chi connectivity index (χ0v) is 10.8. The third-order valence-corrected chi connectivity index (χ3v) is 3.01. The van der Waals surface area contributed by atoms with Gasteiger partial charge in [0.15, 0.2) is 0 Å². The predicted molar refractivity (Wildman–Crippen MR) is 68.0 cm³/mol. The summed E-state index contributed by atoms with van der Waals surface area (Å²) in [6, 6.07) is 3.05. The number of halogens is 3. The van der Waals surface area contributed by atoms with Crippen LogP contribution < -0.4 is 10.5 Å². The highest BCUT2D eigenvalue weighted by Gasteiger charge is 2.10. The van der Waals surface area contributed by atoms with Gasteiger partial charge in [0, 0.05) is 12.0 Å². The second kappa shape index (κ2) is 5.62. The molecule has 0 spiro atoms. The Hall–Kier alpha value is -0.640. The van der Waals surface area contributed by atoms with Gasteiger partial charge in [-0.2, -0.15) is 0 Å². The van der Waals surface area contributed by atoms with Crippen molar-refractivity contribution in [3.8, 4) is 5.75 Å². The molecule has 16 heavy (non-hydrogen) atoms. The van der Waals surface area contributed by atoms with Crippen molar-refractivity contribution in [2.24, 2.45) is 11.7 Å². The summed E-state index contributed by atoms with van der Waals surface area (Å²) in [6.45, 7) is 2.06. The summed E-state index contributed by atoms with van der Waals surface area (Å²) < 4.78 is 5.40. The van der Waals surface area contributed by atoms with Gasteiger partial charge in [-0.3, -0.25) is 5.41 Å². The molecule has 0 aromatic heterocycles. The minimum atomic E-state index is -0.175. The smallest absolute Gasteiger partial charge is 0.139 e. The summed E-state index contributed by atoms with van der Waals surface area (Å²) in [7, 11) is 0. The highest BCUT2D eigenvalue weighted by molar-refractivity contribution is 6.43. The fraction of sp³-hybridized carbons (Fsp3) is 0.300. The lowest BCUT2D eigenvalue weighted by Crippen LogP contribution is -2.25. The Labute approximate surface area is 109 Å². The van der Waals surface area contributed by atoms with Gasteiger partial charge >= 0.3 is 0 Å². The molecule has 0 fully saturated rings. The van der Waals surface area contributed by atoms with Crippen molar-refractivity contribution in [1.29, 1.82) is 5.41 Å². The van der Waals surface area contributed by atoms with E-state index in [-0.39, 0.29) is 18.4 Å². The molecule has 0 amide bonds. The van der Waals surface area contributed by atoms with E-state index in [0.717, 1.165) is 0 Å². The lowest BCUT2D eigenvalue weighted by molar-refractivity contribution is 0.292. The number of nitrogens with one attached hydrogen (secondary N) is 1. The summed E-state index contributed by atoms with van der Waals surface area (Å²) in [5.74, 6) is 0.325. The first-order chi connectivity index (χ1) is 7.41. The van der Waals surface area contributed by atoms with E-state index >= 15 is 0 Å². The van der Waals surface area contributed by atoms with Gasteiger partial charge in [-0.05, 0) is 6.07 Å². The molecule has 0 aliphatic rings. The van der Waals surface area contributed by atoms with Crippen LogP contribution in [0.4, 0.5) is 0 Å². The molecule has 1 aromatic carbocycles. The Balaban J connectivity index is 2.74. The summed E-state index contributed by atoms with van der Waals surface area (Å²) in [5.41, 5.74) is 5.32. The van der Waals surface area contributed by atoms with E-state index in [1.165, 1.54) is 6.07 Å². The van der Waals surface area contributed by atoms with Crippen LogP contribution >= 0.6 is 34.8 Å². The molecule has 88 valence electrons. The van der Waals surface area contributed by atoms with Gasteiger partial charge in [0.2, 0.25) is 0 Å². The van der Waals surface area contributed by atoms with Crippen molar-refractivity contribution in [2.45, 2.75) is 6.92 Å². The van der Waals surface area contributed by atoms with E-state index in [9.17, 15) is 0 Å². The standard InChI is InChI=1S/C10H11Cl3N2O/c1-5(10(14)15)4-16-9-3-7(12)6(11)2-8(9)13/h2-3,5H,4H2,1H3,(H3,14,15). The van der Waals surface area contributed by atoms with Gasteiger partial charge in [-0.1, -0.05) is 41.7 Å². The van der Waals surface area contributed by atoms with Crippen LogP contribution in [0.2, 0.25) is 15.1 Å². The number of benzene rings is 1. The largest absolute Gasteiger partial charge is 0.491 e. The average Bonchev–Trinajstić information content (AvgIpc) is 2.20. The van der Waals surface area contributed by atoms with Crippen LogP contribution in [0, 0.1) is 11.3 Å². The van der Waals surface area contributed by atoms with E-state index in [4.69, 9.17) is 50.7 Å². The third-order valence-electron chi connectivity index (χ3n) is 1.99. The number of hydrogen-bond donors (Lipinski definition) is 2. The van der Waals surface area contributed by atoms with Gasteiger partial charge in [-0.15, -0.1) is 0 Å². The molecule has 3 N–H and O–H groups in total. The predicted octanol–water partition coefficient (Wildman–Crippen LogP) is 3.60. The molecule has 1 atom stereocenters. The minimum absolute atomic E-state index is 0.0659. The van der Waals surface area contributed by atoms with Crippen molar-refractivity contribution >= 4 is 40.6 Å². The zero-order valence-electron chi connectivity index (χ0n) is 8.56. The Morgan fingerprint density at radius 1 is 1.31 bits per heavy atom. The summed E-state index contributed by atoms with van der Waals surface area (Å²) >= 11 is 17.5. The van der Waals surface area contributed by atoms with Crippen LogP contribution in [0.25, 0.3) is 0 Å². The van der Waals surface area contributed by atoms with Crippen molar-refractivity contribution in [1.82, 2.24) is 0 Å². The topological polar surface area (TPSA) is 59.1 Å². The first-order valence-electron chi connectivity index (χ1n) is 4.53. The highest BCUT2D eigenvalue weighted by atomic mass is 35.5. The molecule has 0 heterocycles. The summed E-state index contributed by atoms with van der Waals surface area (Å²) in [5, 5.41) is 8.34. The highest BCUT2D eigenvalue weighted by Crippen LogP contribution is 2.33. The van der Waals surface area contributed by atoms with Gasteiger partial charge < -0.3 is 10.5 Å². The van der Waals surface area contributed by atoms with Crippen molar-refractivity contribution in [2.75, 3.05) is 6.61 Å². The molecule has 0 aliphatic heterocycles. The Morgan fingerprint density at radius 2 is 1.88 bits per heavy atom. The number of ether oxygens (including phenoxy) is 1. The summed E-state index contributed by atoms with van der Waals surface area (Å²) in [4.78, 5) is 0. The minimum Gasteiger partial charge on any atom is -0.491 e. The van der Waals surface area contributed by atoms with E-state index in [1.54, 1.807) is 13.0 Å². The Morgan fingerprint density at radius 3 is 2.44 bits per heavy atom. The van der Waals surface area contributed by atoms with Gasteiger partial charge in [-0.25, -0.2) is 0 Å². The first-order valence-corrected chi connectivity index (χ1v) is 5.66. The molecule has 3 nitrogen and oxygen atoms in total. The van der Waals surface area contributed by atoms with Crippen LogP contribution in [0.5, 0.6) is 5.75 Å². The SMILES string of the molecule is CC(COc1cc(Cl)c(Cl)cc1Cl)C(=N)N. The maximum atomic E-state index is 7.21. The molecule has 0 saturated carbocycles. The molecule has 1 unspecified atom stereocenters. The maximum absolute atomic E-state index is 7.21. The van der Waals surface area contributed by atoms with Gasteiger partial charge in [0.1, 0.15) is 5.75 Å². The molecule has 6 heteroatoms. The average molecular weight is 282 g/mol. The van der Waals surface area contributed by atoms with Gasteiger partial charge in [0.25, 0.3) is 0 Å². The molecule has 0 saturated heterocycles. The van der Waals surface area contributed by atoms with E-state index in [1.807, 2.05) is 0 Å². The lowest BCUT2D eigenvalue weighted by atomic mass is 10.2. The van der Waals surface area contributed by atoms with Crippen molar-refractivity contribution in [3.63, 3.8) is 0 Å². The normalized spacial score (nSPS) is 12.2. The number of nitrogens with two attached hydrogens (primary N) is 1. The van der Waals surface area contributed by atoms with Gasteiger partial charge in [0.05, 0.1) is 27.5 Å². The molecular weight excluding hydrogens is 270 g/mol. The van der Waals surface area contributed by atoms with E-state index < -0.39 is 0 Å².